The van der Waals surface area contributed by atoms with Crippen molar-refractivity contribution in [3.63, 3.8) is 0 Å². The summed E-state index contributed by atoms with van der Waals surface area (Å²) in [6.07, 6.45) is 4.16. The fraction of sp³-hybridized carbons (Fsp3) is 0.423. The minimum atomic E-state index is -0.388. The number of aromatic nitrogens is 2. The van der Waals surface area contributed by atoms with E-state index >= 15 is 0 Å². The predicted molar refractivity (Wildman–Crippen MR) is 132 cm³/mol. The summed E-state index contributed by atoms with van der Waals surface area (Å²) in [5.41, 5.74) is 1.40. The number of hydrogen-bond donors (Lipinski definition) is 0. The van der Waals surface area contributed by atoms with E-state index in [1.54, 1.807) is 30.1 Å². The van der Waals surface area contributed by atoms with Crippen LogP contribution >= 0.6 is 11.6 Å². The minimum Gasteiger partial charge on any atom is -0.367 e. The van der Waals surface area contributed by atoms with E-state index in [1.807, 2.05) is 37.3 Å². The third-order valence-electron chi connectivity index (χ3n) is 5.82. The lowest BCUT2D eigenvalue weighted by Crippen LogP contribution is -2.39. The van der Waals surface area contributed by atoms with Crippen LogP contribution in [0.25, 0.3) is 10.9 Å². The molecule has 0 aliphatic carbocycles. The number of benzene rings is 2. The first kappa shape index (κ1) is 24.9. The highest BCUT2D eigenvalue weighted by Crippen LogP contribution is 2.22. The molecule has 3 aromatic rings. The number of unbranched alkanes of at least 4 members (excludes halogenated alkanes) is 3. The van der Waals surface area contributed by atoms with Crippen molar-refractivity contribution in [2.45, 2.75) is 52.2 Å². The third-order valence-corrected chi connectivity index (χ3v) is 6.06. The summed E-state index contributed by atoms with van der Waals surface area (Å²) in [5.74, 6) is 0.414. The molecule has 7 heteroatoms. The van der Waals surface area contributed by atoms with E-state index in [4.69, 9.17) is 21.3 Å². The molecule has 0 aliphatic rings. The number of nitrogens with zero attached hydrogens (tertiary/aromatic N) is 3. The van der Waals surface area contributed by atoms with Crippen LogP contribution in [-0.4, -0.2) is 33.5 Å². The summed E-state index contributed by atoms with van der Waals surface area (Å²) in [4.78, 5) is 32.6. The number of carbonyl (C=O) groups is 1. The van der Waals surface area contributed by atoms with E-state index in [1.165, 1.54) is 4.57 Å². The smallest absolute Gasteiger partial charge is 0.261 e. The number of ether oxygens (including phenoxy) is 1. The average Bonchev–Trinajstić information content (AvgIpc) is 2.81. The SMILES string of the molecule is CCCCCCN(C(=O)COCc1ccccc1)C(C)c1nc2cc(Cl)ccc2c(=O)n1C. The molecule has 1 heterocycles. The molecule has 0 spiro atoms. The maximum Gasteiger partial charge on any atom is 0.261 e. The monoisotopic (exact) mass is 469 g/mol. The molecule has 3 rings (SSSR count). The van der Waals surface area contributed by atoms with Gasteiger partial charge in [0.05, 0.1) is 23.6 Å². The molecule has 0 radical (unpaired) electrons. The van der Waals surface area contributed by atoms with Gasteiger partial charge in [-0.15, -0.1) is 0 Å². The molecular formula is C26H32ClN3O3. The van der Waals surface area contributed by atoms with Gasteiger partial charge in [-0.2, -0.15) is 0 Å². The van der Waals surface area contributed by atoms with Gasteiger partial charge in [0.2, 0.25) is 5.91 Å². The van der Waals surface area contributed by atoms with Crippen LogP contribution in [0, 0.1) is 0 Å². The van der Waals surface area contributed by atoms with Crippen molar-refractivity contribution < 1.29 is 9.53 Å². The van der Waals surface area contributed by atoms with E-state index in [-0.39, 0.29) is 24.1 Å². The second-order valence-corrected chi connectivity index (χ2v) is 8.73. The van der Waals surface area contributed by atoms with Crippen LogP contribution in [0.1, 0.15) is 57.0 Å². The second kappa shape index (κ2) is 12.0. The van der Waals surface area contributed by atoms with Crippen LogP contribution in [-0.2, 0) is 23.2 Å². The largest absolute Gasteiger partial charge is 0.367 e. The zero-order valence-electron chi connectivity index (χ0n) is 19.6. The molecule has 0 saturated carbocycles. The molecule has 33 heavy (non-hydrogen) atoms. The van der Waals surface area contributed by atoms with Crippen molar-refractivity contribution in [2.24, 2.45) is 7.05 Å². The van der Waals surface area contributed by atoms with Crippen LogP contribution < -0.4 is 5.56 Å². The molecule has 1 amide bonds. The van der Waals surface area contributed by atoms with Gasteiger partial charge in [0, 0.05) is 18.6 Å². The second-order valence-electron chi connectivity index (χ2n) is 8.30. The summed E-state index contributed by atoms with van der Waals surface area (Å²) in [5, 5.41) is 1.02. The van der Waals surface area contributed by atoms with Crippen LogP contribution in [0.4, 0.5) is 0 Å². The zero-order chi connectivity index (χ0) is 23.8. The Bertz CT molecular complexity index is 1130. The average molecular weight is 470 g/mol. The fourth-order valence-electron chi connectivity index (χ4n) is 3.93. The summed E-state index contributed by atoms with van der Waals surface area (Å²) in [6, 6.07) is 14.4. The van der Waals surface area contributed by atoms with Gasteiger partial charge in [-0.25, -0.2) is 4.98 Å². The maximum atomic E-state index is 13.2. The van der Waals surface area contributed by atoms with Crippen molar-refractivity contribution >= 4 is 28.4 Å². The molecule has 0 fully saturated rings. The molecule has 1 atom stereocenters. The first-order valence-corrected chi connectivity index (χ1v) is 11.9. The highest BCUT2D eigenvalue weighted by atomic mass is 35.5. The number of fused-ring (bicyclic) bond motifs is 1. The van der Waals surface area contributed by atoms with Gasteiger partial charge in [-0.05, 0) is 37.1 Å². The van der Waals surface area contributed by atoms with Gasteiger partial charge in [0.15, 0.2) is 0 Å². The molecule has 1 aromatic heterocycles. The van der Waals surface area contributed by atoms with Crippen molar-refractivity contribution in [2.75, 3.05) is 13.2 Å². The molecule has 1 unspecified atom stereocenters. The maximum absolute atomic E-state index is 13.2. The van der Waals surface area contributed by atoms with Gasteiger partial charge in [-0.3, -0.25) is 14.2 Å². The normalized spacial score (nSPS) is 12.1. The van der Waals surface area contributed by atoms with E-state index in [2.05, 4.69) is 6.92 Å². The third kappa shape index (κ3) is 6.42. The Balaban J connectivity index is 1.82. The standard InChI is InChI=1S/C26H32ClN3O3/c1-4-5-6-10-15-30(24(31)18-33-17-20-11-8-7-9-12-20)19(2)25-28-23-16-21(27)13-14-22(23)26(32)29(25)3/h7-9,11-14,16,19H,4-6,10,15,17-18H2,1-3H3. The molecule has 176 valence electrons. The Kier molecular flexibility index (Phi) is 9.03. The minimum absolute atomic E-state index is 0.0274. The fourth-order valence-corrected chi connectivity index (χ4v) is 4.10. The first-order valence-electron chi connectivity index (χ1n) is 11.5. The van der Waals surface area contributed by atoms with Gasteiger partial charge in [0.1, 0.15) is 12.4 Å². The molecule has 6 nitrogen and oxygen atoms in total. The molecular weight excluding hydrogens is 438 g/mol. The topological polar surface area (TPSA) is 64.4 Å². The summed E-state index contributed by atoms with van der Waals surface area (Å²) in [7, 11) is 1.70. The van der Waals surface area contributed by atoms with Crippen molar-refractivity contribution in [3.05, 3.63) is 75.3 Å². The number of carbonyl (C=O) groups excluding carboxylic acids is 1. The number of hydrogen-bond acceptors (Lipinski definition) is 4. The highest BCUT2D eigenvalue weighted by molar-refractivity contribution is 6.31. The van der Waals surface area contributed by atoms with Gasteiger partial charge < -0.3 is 9.64 Å². The van der Waals surface area contributed by atoms with E-state index in [0.29, 0.717) is 34.9 Å². The van der Waals surface area contributed by atoms with E-state index in [9.17, 15) is 9.59 Å². The summed E-state index contributed by atoms with van der Waals surface area (Å²) in [6.45, 7) is 4.99. The van der Waals surface area contributed by atoms with Crippen LogP contribution in [0.3, 0.4) is 0 Å². The Hall–Kier alpha value is -2.70. The summed E-state index contributed by atoms with van der Waals surface area (Å²) < 4.78 is 7.24. The Labute approximate surface area is 200 Å². The quantitative estimate of drug-likeness (QED) is 0.359. The van der Waals surface area contributed by atoms with Gasteiger partial charge in [0.25, 0.3) is 5.56 Å². The number of amides is 1. The van der Waals surface area contributed by atoms with Crippen molar-refractivity contribution in [1.29, 1.82) is 0 Å². The van der Waals surface area contributed by atoms with Gasteiger partial charge in [-0.1, -0.05) is 68.1 Å². The lowest BCUT2D eigenvalue weighted by molar-refractivity contribution is -0.139. The molecule has 2 aromatic carbocycles. The van der Waals surface area contributed by atoms with Gasteiger partial charge >= 0.3 is 0 Å². The number of halogens is 1. The Morgan fingerprint density at radius 1 is 1.15 bits per heavy atom. The van der Waals surface area contributed by atoms with E-state index in [0.717, 1.165) is 31.2 Å². The number of rotatable bonds is 11. The van der Waals surface area contributed by atoms with E-state index < -0.39 is 0 Å². The first-order chi connectivity index (χ1) is 15.9. The molecule has 0 N–H and O–H groups in total. The van der Waals surface area contributed by atoms with Crippen molar-refractivity contribution in [3.8, 4) is 0 Å². The highest BCUT2D eigenvalue weighted by Gasteiger charge is 2.25. The van der Waals surface area contributed by atoms with Crippen LogP contribution in [0.15, 0.2) is 53.3 Å². The van der Waals surface area contributed by atoms with Crippen LogP contribution in [0.5, 0.6) is 0 Å². The van der Waals surface area contributed by atoms with Crippen molar-refractivity contribution in [1.82, 2.24) is 14.5 Å². The Morgan fingerprint density at radius 3 is 2.64 bits per heavy atom. The molecule has 0 aliphatic heterocycles. The Morgan fingerprint density at radius 2 is 1.91 bits per heavy atom. The molecule has 0 bridgehead atoms. The summed E-state index contributed by atoms with van der Waals surface area (Å²) >= 11 is 6.13. The lowest BCUT2D eigenvalue weighted by atomic mass is 10.1. The lowest BCUT2D eigenvalue weighted by Gasteiger charge is -2.30. The zero-order valence-corrected chi connectivity index (χ0v) is 20.3. The van der Waals surface area contributed by atoms with Crippen LogP contribution in [0.2, 0.25) is 5.02 Å². The molecule has 0 saturated heterocycles. The predicted octanol–water partition coefficient (Wildman–Crippen LogP) is 5.27.